The lowest BCUT2D eigenvalue weighted by molar-refractivity contribution is 0.0338. The highest BCUT2D eigenvalue weighted by atomic mass is 16.2. The fraction of sp³-hybridized carbons (Fsp3) is 0.375. The molecule has 1 aromatic rings. The number of carbonyl (C=O) groups is 2. The number of fused-ring (bicyclic) bond motifs is 2. The first-order chi connectivity index (χ1) is 9.79. The van der Waals surface area contributed by atoms with E-state index in [2.05, 4.69) is 12.2 Å². The van der Waals surface area contributed by atoms with Gasteiger partial charge in [0.05, 0.1) is 11.1 Å². The molecule has 0 saturated carbocycles. The maximum atomic E-state index is 12.5. The van der Waals surface area contributed by atoms with E-state index in [9.17, 15) is 9.59 Å². The van der Waals surface area contributed by atoms with Gasteiger partial charge in [-0.05, 0) is 37.8 Å². The Labute approximate surface area is 117 Å². The Morgan fingerprint density at radius 2 is 1.35 bits per heavy atom. The Kier molecular flexibility index (Phi) is 2.54. The topological polar surface area (TPSA) is 40.4 Å². The summed E-state index contributed by atoms with van der Waals surface area (Å²) in [7, 11) is 0. The number of imide groups is 1. The van der Waals surface area contributed by atoms with Gasteiger partial charge in [-0.15, -0.1) is 0 Å². The van der Waals surface area contributed by atoms with Crippen LogP contribution < -0.4 is 0 Å². The molecule has 1 aromatic carbocycles. The quantitative estimate of drug-likeness (QED) is 0.446. The summed E-state index contributed by atoms with van der Waals surface area (Å²) in [6.07, 6.45) is 8.51. The molecule has 1 aliphatic carbocycles. The molecule has 0 spiro atoms. The molecule has 0 N–H and O–H groups in total. The molecule has 0 aromatic heterocycles. The molecule has 2 heterocycles. The Bertz CT molecular complexity index is 572. The number of nitrogens with zero attached hydrogens (tertiary/aromatic N) is 2. The average molecular weight is 268 g/mol. The zero-order valence-electron chi connectivity index (χ0n) is 11.2. The summed E-state index contributed by atoms with van der Waals surface area (Å²) < 4.78 is 0. The Balaban J connectivity index is 1.63. The van der Waals surface area contributed by atoms with Crippen molar-refractivity contribution in [1.82, 2.24) is 10.0 Å². The Morgan fingerprint density at radius 1 is 0.850 bits per heavy atom. The second-order valence-corrected chi connectivity index (χ2v) is 5.61. The van der Waals surface area contributed by atoms with Gasteiger partial charge < -0.3 is 0 Å². The minimum atomic E-state index is -0.162. The highest BCUT2D eigenvalue weighted by Crippen LogP contribution is 2.41. The van der Waals surface area contributed by atoms with Crippen molar-refractivity contribution in [2.75, 3.05) is 0 Å². The molecule has 4 rings (SSSR count). The van der Waals surface area contributed by atoms with Crippen molar-refractivity contribution < 1.29 is 9.59 Å². The second-order valence-electron chi connectivity index (χ2n) is 5.61. The maximum Gasteiger partial charge on any atom is 0.276 e. The molecule has 0 radical (unpaired) electrons. The Morgan fingerprint density at radius 3 is 1.85 bits per heavy atom. The molecule has 4 heteroatoms. The molecule has 2 atom stereocenters. The highest BCUT2D eigenvalue weighted by molar-refractivity contribution is 6.21. The summed E-state index contributed by atoms with van der Waals surface area (Å²) in [6.45, 7) is 0. The van der Waals surface area contributed by atoms with Crippen molar-refractivity contribution in [3.63, 3.8) is 0 Å². The lowest BCUT2D eigenvalue weighted by Gasteiger charge is -2.16. The summed E-state index contributed by atoms with van der Waals surface area (Å²) in [4.78, 5) is 24.9. The summed E-state index contributed by atoms with van der Waals surface area (Å²) in [6, 6.07) is 7.79. The molecule has 2 amide bonds. The number of carbonyl (C=O) groups excluding carboxylic acids is 2. The zero-order chi connectivity index (χ0) is 13.7. The maximum absolute atomic E-state index is 12.5. The van der Waals surface area contributed by atoms with Gasteiger partial charge in [0.1, 0.15) is 0 Å². The van der Waals surface area contributed by atoms with Crippen LogP contribution in [0.1, 0.15) is 46.4 Å². The smallest absolute Gasteiger partial charge is 0.267 e. The first kappa shape index (κ1) is 11.9. The third kappa shape index (κ3) is 1.58. The van der Waals surface area contributed by atoms with Crippen molar-refractivity contribution in [3.05, 3.63) is 47.5 Å². The molecular formula is C16H16N2O2. The number of benzene rings is 1. The lowest BCUT2D eigenvalue weighted by Crippen LogP contribution is -2.37. The minimum Gasteiger partial charge on any atom is -0.267 e. The third-order valence-corrected chi connectivity index (χ3v) is 4.46. The monoisotopic (exact) mass is 268 g/mol. The van der Waals surface area contributed by atoms with Gasteiger partial charge in [0, 0.05) is 12.1 Å². The summed E-state index contributed by atoms with van der Waals surface area (Å²) >= 11 is 0. The van der Waals surface area contributed by atoms with Crippen molar-refractivity contribution in [3.8, 4) is 0 Å². The van der Waals surface area contributed by atoms with Crippen molar-refractivity contribution in [2.24, 2.45) is 0 Å². The van der Waals surface area contributed by atoms with Crippen molar-refractivity contribution in [2.45, 2.75) is 37.8 Å². The van der Waals surface area contributed by atoms with Crippen LogP contribution in [0.5, 0.6) is 0 Å². The van der Waals surface area contributed by atoms with Crippen LogP contribution in [-0.4, -0.2) is 33.9 Å². The highest BCUT2D eigenvalue weighted by Gasteiger charge is 2.55. The third-order valence-electron chi connectivity index (χ3n) is 4.46. The average Bonchev–Trinajstić information content (AvgIpc) is 3.01. The van der Waals surface area contributed by atoms with E-state index in [-0.39, 0.29) is 11.8 Å². The predicted octanol–water partition coefficient (Wildman–Crippen LogP) is 2.38. The standard InChI is InChI=1S/C16H16N2O2/c19-15-11-7-5-6-8-12(11)16(20)18(15)17-13-9-3-1-2-4-10-14(13)17/h1-2,5-8,13-14H,3-4,9-10H2/b2-1-. The zero-order valence-corrected chi connectivity index (χ0v) is 11.2. The van der Waals surface area contributed by atoms with E-state index in [4.69, 9.17) is 0 Å². The van der Waals surface area contributed by atoms with Crippen LogP contribution in [0.25, 0.3) is 0 Å². The van der Waals surface area contributed by atoms with Crippen LogP contribution >= 0.6 is 0 Å². The molecular weight excluding hydrogens is 252 g/mol. The van der Waals surface area contributed by atoms with Gasteiger partial charge >= 0.3 is 0 Å². The second kappa shape index (κ2) is 4.28. The summed E-state index contributed by atoms with van der Waals surface area (Å²) in [5, 5.41) is 3.38. The minimum absolute atomic E-state index is 0.162. The molecule has 20 heavy (non-hydrogen) atoms. The summed E-state index contributed by atoms with van der Waals surface area (Å²) in [5.41, 5.74) is 1.07. The first-order valence-electron chi connectivity index (χ1n) is 7.20. The molecule has 1 fully saturated rings. The fourth-order valence-corrected chi connectivity index (χ4v) is 3.42. The lowest BCUT2D eigenvalue weighted by atomic mass is 10.1. The summed E-state index contributed by atoms with van der Waals surface area (Å²) in [5.74, 6) is -0.324. The number of amides is 2. The van der Waals surface area contributed by atoms with Crippen LogP contribution in [0, 0.1) is 0 Å². The molecule has 2 unspecified atom stereocenters. The van der Waals surface area contributed by atoms with E-state index in [1.54, 1.807) is 12.1 Å². The largest absolute Gasteiger partial charge is 0.276 e. The normalized spacial score (nSPS) is 33.2. The van der Waals surface area contributed by atoms with Gasteiger partial charge in [-0.1, -0.05) is 24.3 Å². The van der Waals surface area contributed by atoms with Gasteiger partial charge in [-0.3, -0.25) is 9.59 Å². The molecule has 2 aliphatic heterocycles. The van der Waals surface area contributed by atoms with Gasteiger partial charge in [-0.2, -0.15) is 0 Å². The van der Waals surface area contributed by atoms with Crippen LogP contribution in [0.15, 0.2) is 36.4 Å². The van der Waals surface area contributed by atoms with Crippen LogP contribution in [-0.2, 0) is 0 Å². The van der Waals surface area contributed by atoms with Crippen molar-refractivity contribution in [1.29, 1.82) is 0 Å². The number of hydrogen-bond donors (Lipinski definition) is 0. The van der Waals surface area contributed by atoms with Gasteiger partial charge in [0.15, 0.2) is 0 Å². The number of rotatable bonds is 1. The van der Waals surface area contributed by atoms with E-state index < -0.39 is 0 Å². The number of hydrogen-bond acceptors (Lipinski definition) is 3. The molecule has 3 aliphatic rings. The van der Waals surface area contributed by atoms with Crippen LogP contribution in [0.3, 0.4) is 0 Å². The number of hydrazine groups is 1. The van der Waals surface area contributed by atoms with Crippen LogP contribution in [0.2, 0.25) is 0 Å². The molecule has 1 saturated heterocycles. The Hall–Kier alpha value is -1.94. The molecule has 0 bridgehead atoms. The van der Waals surface area contributed by atoms with Crippen LogP contribution in [0.4, 0.5) is 0 Å². The van der Waals surface area contributed by atoms with E-state index >= 15 is 0 Å². The molecule has 4 nitrogen and oxygen atoms in total. The van der Waals surface area contributed by atoms with E-state index in [0.29, 0.717) is 23.2 Å². The number of allylic oxidation sites excluding steroid dienone is 2. The fourth-order valence-electron chi connectivity index (χ4n) is 3.42. The van der Waals surface area contributed by atoms with Gasteiger partial charge in [-0.25, -0.2) is 10.0 Å². The van der Waals surface area contributed by atoms with E-state index in [0.717, 1.165) is 25.7 Å². The van der Waals surface area contributed by atoms with Gasteiger partial charge in [0.25, 0.3) is 11.8 Å². The first-order valence-corrected chi connectivity index (χ1v) is 7.20. The predicted molar refractivity (Wildman–Crippen MR) is 74.0 cm³/mol. The van der Waals surface area contributed by atoms with E-state index in [1.807, 2.05) is 17.1 Å². The SMILES string of the molecule is O=C1c2ccccc2C(=O)N1N1C2CC/C=C\CCC21. The molecule has 102 valence electrons. The van der Waals surface area contributed by atoms with E-state index in [1.165, 1.54) is 5.01 Å². The van der Waals surface area contributed by atoms with Crippen molar-refractivity contribution >= 4 is 11.8 Å². The van der Waals surface area contributed by atoms with Gasteiger partial charge in [0.2, 0.25) is 0 Å².